The highest BCUT2D eigenvalue weighted by atomic mass is 19.1. The first-order chi connectivity index (χ1) is 9.36. The predicted octanol–water partition coefficient (Wildman–Crippen LogP) is 2.52. The number of aromatic nitrogens is 2. The van der Waals surface area contributed by atoms with Gasteiger partial charge in [-0.05, 0) is 19.9 Å². The molecule has 2 N–H and O–H groups in total. The van der Waals surface area contributed by atoms with Gasteiger partial charge in [-0.3, -0.25) is 10.1 Å². The minimum Gasteiger partial charge on any atom is -0.436 e. The van der Waals surface area contributed by atoms with Crippen LogP contribution in [-0.4, -0.2) is 14.9 Å². The normalized spacial score (nSPS) is 10.3. The molecule has 0 atom stereocenters. The molecule has 2 rings (SSSR count). The number of anilines is 1. The molecule has 1 aromatic heterocycles. The lowest BCUT2D eigenvalue weighted by Gasteiger charge is -2.08. The van der Waals surface area contributed by atoms with Crippen LogP contribution >= 0.6 is 0 Å². The van der Waals surface area contributed by atoms with Gasteiger partial charge in [-0.15, -0.1) is 0 Å². The van der Waals surface area contributed by atoms with E-state index in [9.17, 15) is 14.5 Å². The maximum atomic E-state index is 13.8. The number of hydrogen-bond donors (Lipinski definition) is 1. The highest BCUT2D eigenvalue weighted by Crippen LogP contribution is 2.30. The van der Waals surface area contributed by atoms with E-state index in [2.05, 4.69) is 9.97 Å². The van der Waals surface area contributed by atoms with Gasteiger partial charge in [0.15, 0.2) is 11.6 Å². The van der Waals surface area contributed by atoms with Gasteiger partial charge in [0.2, 0.25) is 5.88 Å². The lowest BCUT2D eigenvalue weighted by Crippen LogP contribution is -2.00. The van der Waals surface area contributed by atoms with Crippen LogP contribution in [0.5, 0.6) is 11.6 Å². The summed E-state index contributed by atoms with van der Waals surface area (Å²) in [5, 5.41) is 10.7. The molecular weight excluding hydrogens is 267 g/mol. The SMILES string of the molecule is Cc1nc(N)cc(Oc2cc(C)c([N+](=O)[O-])cc2F)n1. The maximum absolute atomic E-state index is 13.8. The van der Waals surface area contributed by atoms with Crippen LogP contribution in [0, 0.1) is 29.8 Å². The van der Waals surface area contributed by atoms with Crippen LogP contribution in [0.15, 0.2) is 18.2 Å². The molecule has 0 saturated heterocycles. The van der Waals surface area contributed by atoms with E-state index in [-0.39, 0.29) is 28.7 Å². The molecule has 0 spiro atoms. The summed E-state index contributed by atoms with van der Waals surface area (Å²) in [7, 11) is 0. The number of halogens is 1. The summed E-state index contributed by atoms with van der Waals surface area (Å²) in [6.45, 7) is 3.10. The minimum absolute atomic E-state index is 0.0714. The Kier molecular flexibility index (Phi) is 3.47. The van der Waals surface area contributed by atoms with Crippen molar-refractivity contribution >= 4 is 11.5 Å². The molecule has 104 valence electrons. The molecule has 1 heterocycles. The van der Waals surface area contributed by atoms with Crippen LogP contribution in [0.25, 0.3) is 0 Å². The van der Waals surface area contributed by atoms with Gasteiger partial charge in [-0.25, -0.2) is 9.37 Å². The second-order valence-electron chi connectivity index (χ2n) is 4.11. The molecule has 2 aromatic rings. The van der Waals surface area contributed by atoms with Crippen molar-refractivity contribution in [1.82, 2.24) is 9.97 Å². The van der Waals surface area contributed by atoms with Crippen LogP contribution in [0.3, 0.4) is 0 Å². The Morgan fingerprint density at radius 2 is 2.00 bits per heavy atom. The van der Waals surface area contributed by atoms with Gasteiger partial charge in [0.05, 0.1) is 11.0 Å². The Morgan fingerprint density at radius 1 is 1.30 bits per heavy atom. The molecule has 0 aliphatic carbocycles. The fourth-order valence-corrected chi connectivity index (χ4v) is 1.65. The number of benzene rings is 1. The first-order valence-corrected chi connectivity index (χ1v) is 5.60. The molecule has 0 aliphatic rings. The van der Waals surface area contributed by atoms with Crippen LogP contribution in [0.2, 0.25) is 0 Å². The van der Waals surface area contributed by atoms with Gasteiger partial charge in [0.25, 0.3) is 5.69 Å². The second kappa shape index (κ2) is 5.08. The summed E-state index contributed by atoms with van der Waals surface area (Å²) in [4.78, 5) is 17.8. The van der Waals surface area contributed by atoms with Crippen molar-refractivity contribution in [2.45, 2.75) is 13.8 Å². The van der Waals surface area contributed by atoms with Gasteiger partial charge in [0.1, 0.15) is 11.6 Å². The van der Waals surface area contributed by atoms with Gasteiger partial charge in [0, 0.05) is 11.6 Å². The van der Waals surface area contributed by atoms with Crippen molar-refractivity contribution in [1.29, 1.82) is 0 Å². The van der Waals surface area contributed by atoms with E-state index in [1.165, 1.54) is 19.1 Å². The number of nitro groups is 1. The van der Waals surface area contributed by atoms with Crippen molar-refractivity contribution in [3.8, 4) is 11.6 Å². The van der Waals surface area contributed by atoms with E-state index >= 15 is 0 Å². The Bertz CT molecular complexity index is 670. The zero-order valence-electron chi connectivity index (χ0n) is 10.8. The smallest absolute Gasteiger partial charge is 0.275 e. The number of hydrogen-bond acceptors (Lipinski definition) is 6. The monoisotopic (exact) mass is 278 g/mol. The molecule has 0 fully saturated rings. The van der Waals surface area contributed by atoms with E-state index in [4.69, 9.17) is 10.5 Å². The van der Waals surface area contributed by atoms with Crippen LogP contribution in [-0.2, 0) is 0 Å². The zero-order valence-corrected chi connectivity index (χ0v) is 10.8. The van der Waals surface area contributed by atoms with E-state index in [1.54, 1.807) is 6.92 Å². The van der Waals surface area contributed by atoms with Crippen molar-refractivity contribution in [3.05, 3.63) is 45.5 Å². The molecule has 0 radical (unpaired) electrons. The average molecular weight is 278 g/mol. The molecule has 0 bridgehead atoms. The third-order valence-corrected chi connectivity index (χ3v) is 2.50. The molecule has 7 nitrogen and oxygen atoms in total. The van der Waals surface area contributed by atoms with E-state index in [0.29, 0.717) is 5.82 Å². The summed E-state index contributed by atoms with van der Waals surface area (Å²) in [5.41, 5.74) is 5.50. The molecule has 20 heavy (non-hydrogen) atoms. The maximum Gasteiger partial charge on any atom is 0.275 e. The standard InChI is InChI=1S/C12H11FN4O3/c1-6-3-10(8(13)4-9(6)17(18)19)20-12-5-11(14)15-7(2)16-12/h3-5H,1-2H3,(H2,14,15,16). The number of nitrogen functional groups attached to an aromatic ring is 1. The molecule has 8 heteroatoms. The molecule has 0 unspecified atom stereocenters. The largest absolute Gasteiger partial charge is 0.436 e. The molecule has 1 aromatic carbocycles. The quantitative estimate of drug-likeness (QED) is 0.683. The summed E-state index contributed by atoms with van der Waals surface area (Å²) in [6, 6.07) is 3.38. The van der Waals surface area contributed by atoms with Crippen molar-refractivity contribution in [2.75, 3.05) is 5.73 Å². The Morgan fingerprint density at radius 3 is 2.60 bits per heavy atom. The topological polar surface area (TPSA) is 104 Å². The lowest BCUT2D eigenvalue weighted by atomic mass is 10.2. The number of aryl methyl sites for hydroxylation is 2. The first kappa shape index (κ1) is 13.7. The predicted molar refractivity (Wildman–Crippen MR) is 69.0 cm³/mol. The minimum atomic E-state index is -0.850. The number of nitrogens with two attached hydrogens (primary N) is 1. The third-order valence-electron chi connectivity index (χ3n) is 2.50. The fourth-order valence-electron chi connectivity index (χ4n) is 1.65. The molecule has 0 aliphatic heterocycles. The number of rotatable bonds is 3. The Labute approximate surface area is 113 Å². The molecule has 0 saturated carbocycles. The molecule has 0 amide bonds. The van der Waals surface area contributed by atoms with Gasteiger partial charge >= 0.3 is 0 Å². The number of nitro benzene ring substituents is 1. The highest BCUT2D eigenvalue weighted by Gasteiger charge is 2.17. The van der Waals surface area contributed by atoms with Gasteiger partial charge in [-0.1, -0.05) is 0 Å². The molecular formula is C12H11FN4O3. The van der Waals surface area contributed by atoms with E-state index < -0.39 is 10.7 Å². The summed E-state index contributed by atoms with van der Waals surface area (Å²) >= 11 is 0. The Hall–Kier alpha value is -2.77. The summed E-state index contributed by atoms with van der Waals surface area (Å²) < 4.78 is 19.0. The first-order valence-electron chi connectivity index (χ1n) is 5.60. The van der Waals surface area contributed by atoms with Gasteiger partial charge in [-0.2, -0.15) is 4.98 Å². The number of ether oxygens (including phenoxy) is 1. The van der Waals surface area contributed by atoms with Crippen LogP contribution in [0.1, 0.15) is 11.4 Å². The highest BCUT2D eigenvalue weighted by molar-refractivity contribution is 5.46. The number of nitrogens with zero attached hydrogens (tertiary/aromatic N) is 3. The lowest BCUT2D eigenvalue weighted by molar-refractivity contribution is -0.385. The van der Waals surface area contributed by atoms with Gasteiger partial charge < -0.3 is 10.5 Å². The van der Waals surface area contributed by atoms with Crippen molar-refractivity contribution < 1.29 is 14.1 Å². The van der Waals surface area contributed by atoms with Crippen molar-refractivity contribution in [3.63, 3.8) is 0 Å². The Balaban J connectivity index is 2.39. The van der Waals surface area contributed by atoms with Crippen molar-refractivity contribution in [2.24, 2.45) is 0 Å². The zero-order chi connectivity index (χ0) is 14.9. The second-order valence-corrected chi connectivity index (χ2v) is 4.11. The fraction of sp³-hybridized carbons (Fsp3) is 0.167. The van der Waals surface area contributed by atoms with E-state index in [1.807, 2.05) is 0 Å². The summed E-state index contributed by atoms with van der Waals surface area (Å²) in [6.07, 6.45) is 0. The van der Waals surface area contributed by atoms with Crippen LogP contribution in [0.4, 0.5) is 15.9 Å². The summed E-state index contributed by atoms with van der Waals surface area (Å²) in [5.74, 6) is -0.379. The van der Waals surface area contributed by atoms with E-state index in [0.717, 1.165) is 6.07 Å². The van der Waals surface area contributed by atoms with Crippen LogP contribution < -0.4 is 10.5 Å². The third kappa shape index (κ3) is 2.79. The average Bonchev–Trinajstić information content (AvgIpc) is 2.31.